The molecular formula is C21H17ClN4O4. The lowest BCUT2D eigenvalue weighted by atomic mass is 10.1. The molecule has 2 aromatic carbocycles. The maximum absolute atomic E-state index is 12.5. The molecule has 2 aliphatic heterocycles. The van der Waals surface area contributed by atoms with Gasteiger partial charge in [-0.05, 0) is 24.3 Å². The molecule has 8 nitrogen and oxygen atoms in total. The Bertz CT molecular complexity index is 1090. The number of fused-ring (bicyclic) bond motifs is 1. The van der Waals surface area contributed by atoms with E-state index in [0.717, 1.165) is 11.3 Å². The number of ether oxygens (including phenoxy) is 1. The van der Waals surface area contributed by atoms with E-state index in [1.54, 1.807) is 24.3 Å². The molecule has 0 saturated carbocycles. The van der Waals surface area contributed by atoms with E-state index in [-0.39, 0.29) is 12.4 Å². The molecule has 0 atom stereocenters. The zero-order valence-corrected chi connectivity index (χ0v) is 16.6. The molecule has 1 saturated heterocycles. The first kappa shape index (κ1) is 19.7. The normalized spacial score (nSPS) is 15.3. The van der Waals surface area contributed by atoms with Gasteiger partial charge in [-0.15, -0.1) is 0 Å². The minimum absolute atomic E-state index is 0.205. The van der Waals surface area contributed by atoms with Crippen LogP contribution in [-0.2, 0) is 20.8 Å². The fraction of sp³-hybridized carbons (Fsp3) is 0.238. The lowest BCUT2D eigenvalue weighted by Gasteiger charge is -2.35. The maximum Gasteiger partial charge on any atom is 0.315 e. The van der Waals surface area contributed by atoms with Gasteiger partial charge < -0.3 is 19.9 Å². The number of piperazine rings is 1. The minimum Gasteiger partial charge on any atom is -0.426 e. The highest BCUT2D eigenvalue weighted by molar-refractivity contribution is 6.39. The van der Waals surface area contributed by atoms with Crippen molar-refractivity contribution < 1.29 is 19.1 Å². The summed E-state index contributed by atoms with van der Waals surface area (Å²) in [6.07, 6.45) is 0.205. The highest BCUT2D eigenvalue weighted by atomic mass is 35.5. The summed E-state index contributed by atoms with van der Waals surface area (Å²) in [5, 5.41) is 12.1. The molecule has 30 heavy (non-hydrogen) atoms. The van der Waals surface area contributed by atoms with Crippen LogP contribution in [0.5, 0.6) is 5.75 Å². The Morgan fingerprint density at radius 1 is 1.10 bits per heavy atom. The van der Waals surface area contributed by atoms with Crippen LogP contribution in [0.1, 0.15) is 11.1 Å². The van der Waals surface area contributed by atoms with Crippen LogP contribution >= 0.6 is 11.6 Å². The smallest absolute Gasteiger partial charge is 0.315 e. The number of carbonyl (C=O) groups is 3. The third kappa shape index (κ3) is 3.93. The molecule has 2 amide bonds. The van der Waals surface area contributed by atoms with Crippen molar-refractivity contribution in [3.8, 4) is 11.8 Å². The predicted molar refractivity (Wildman–Crippen MR) is 109 cm³/mol. The van der Waals surface area contributed by atoms with Crippen LogP contribution < -0.4 is 15.0 Å². The quantitative estimate of drug-likeness (QED) is 0.449. The van der Waals surface area contributed by atoms with E-state index in [1.165, 1.54) is 11.0 Å². The molecular weight excluding hydrogens is 408 g/mol. The summed E-state index contributed by atoms with van der Waals surface area (Å²) in [6.45, 7) is 1.80. The zero-order valence-electron chi connectivity index (χ0n) is 15.9. The van der Waals surface area contributed by atoms with Gasteiger partial charge in [0.05, 0.1) is 17.0 Å². The van der Waals surface area contributed by atoms with E-state index >= 15 is 0 Å². The van der Waals surface area contributed by atoms with Crippen LogP contribution in [0.25, 0.3) is 0 Å². The summed E-state index contributed by atoms with van der Waals surface area (Å²) >= 11 is 5.98. The SMILES string of the molecule is N#Cc1cc(N2CCN(C(=O)C(=O)Nc3ccc4c(c3)OC(=O)C4)CC2)ccc1Cl. The molecule has 1 fully saturated rings. The van der Waals surface area contributed by atoms with E-state index in [2.05, 4.69) is 11.4 Å². The molecule has 0 aliphatic carbocycles. The van der Waals surface area contributed by atoms with Gasteiger partial charge >= 0.3 is 17.8 Å². The molecule has 2 aromatic rings. The minimum atomic E-state index is -0.744. The van der Waals surface area contributed by atoms with Crippen molar-refractivity contribution in [3.05, 3.63) is 52.5 Å². The average Bonchev–Trinajstić information content (AvgIpc) is 3.13. The Hall–Kier alpha value is -3.57. The number of hydrogen-bond donors (Lipinski definition) is 1. The van der Waals surface area contributed by atoms with Crippen LogP contribution in [0.3, 0.4) is 0 Å². The van der Waals surface area contributed by atoms with Crippen LogP contribution in [0.4, 0.5) is 11.4 Å². The van der Waals surface area contributed by atoms with E-state index in [0.29, 0.717) is 48.2 Å². The van der Waals surface area contributed by atoms with Gasteiger partial charge in [0.1, 0.15) is 11.8 Å². The Labute approximate surface area is 177 Å². The van der Waals surface area contributed by atoms with Crippen LogP contribution in [-0.4, -0.2) is 48.9 Å². The number of nitriles is 1. The van der Waals surface area contributed by atoms with Gasteiger partial charge in [-0.1, -0.05) is 17.7 Å². The third-order valence-electron chi connectivity index (χ3n) is 5.08. The molecule has 0 bridgehead atoms. The van der Waals surface area contributed by atoms with Crippen LogP contribution in [0.15, 0.2) is 36.4 Å². The van der Waals surface area contributed by atoms with Gasteiger partial charge in [-0.25, -0.2) is 0 Å². The van der Waals surface area contributed by atoms with Gasteiger partial charge in [0.25, 0.3) is 0 Å². The van der Waals surface area contributed by atoms with Gasteiger partial charge in [-0.2, -0.15) is 5.26 Å². The Kier molecular flexibility index (Phi) is 5.29. The highest BCUT2D eigenvalue weighted by Gasteiger charge is 2.27. The first-order valence-corrected chi connectivity index (χ1v) is 9.71. The summed E-state index contributed by atoms with van der Waals surface area (Å²) < 4.78 is 5.06. The largest absolute Gasteiger partial charge is 0.426 e. The first-order chi connectivity index (χ1) is 14.4. The number of rotatable bonds is 2. The number of carbonyl (C=O) groups excluding carboxylic acids is 3. The van der Waals surface area contributed by atoms with Gasteiger partial charge in [-0.3, -0.25) is 14.4 Å². The summed E-state index contributed by atoms with van der Waals surface area (Å²) in [6, 6.07) is 12.1. The van der Waals surface area contributed by atoms with E-state index in [1.807, 2.05) is 11.0 Å². The molecule has 2 aliphatic rings. The summed E-state index contributed by atoms with van der Waals surface area (Å²) in [7, 11) is 0. The number of nitrogens with one attached hydrogen (secondary N) is 1. The van der Waals surface area contributed by atoms with E-state index in [4.69, 9.17) is 21.6 Å². The second kappa shape index (κ2) is 8.05. The summed E-state index contributed by atoms with van der Waals surface area (Å²) in [5.74, 6) is -1.31. The molecule has 4 rings (SSSR count). The number of nitrogens with zero attached hydrogens (tertiary/aromatic N) is 3. The highest BCUT2D eigenvalue weighted by Crippen LogP contribution is 2.29. The molecule has 2 heterocycles. The van der Waals surface area contributed by atoms with Crippen molar-refractivity contribution in [1.29, 1.82) is 5.26 Å². The molecule has 152 valence electrons. The summed E-state index contributed by atoms with van der Waals surface area (Å²) in [5.41, 5.74) is 2.39. The average molecular weight is 425 g/mol. The van der Waals surface area contributed by atoms with Crippen LogP contribution in [0.2, 0.25) is 5.02 Å². The molecule has 0 spiro atoms. The number of esters is 1. The maximum atomic E-state index is 12.5. The number of hydrogen-bond acceptors (Lipinski definition) is 6. The van der Waals surface area contributed by atoms with Crippen LogP contribution in [0, 0.1) is 11.3 Å². The number of anilines is 2. The Morgan fingerprint density at radius 3 is 2.60 bits per heavy atom. The Morgan fingerprint density at radius 2 is 1.87 bits per heavy atom. The van der Waals surface area contributed by atoms with Crippen molar-refractivity contribution in [1.82, 2.24) is 4.90 Å². The van der Waals surface area contributed by atoms with Gasteiger partial charge in [0, 0.05) is 49.2 Å². The van der Waals surface area contributed by atoms with Gasteiger partial charge in [0.2, 0.25) is 0 Å². The van der Waals surface area contributed by atoms with Crippen molar-refractivity contribution in [3.63, 3.8) is 0 Å². The van der Waals surface area contributed by atoms with Crippen molar-refractivity contribution >= 4 is 40.8 Å². The lowest BCUT2D eigenvalue weighted by molar-refractivity contribution is -0.143. The fourth-order valence-corrected chi connectivity index (χ4v) is 3.64. The van der Waals surface area contributed by atoms with E-state index in [9.17, 15) is 14.4 Å². The standard InChI is InChI=1S/C21H17ClN4O4/c22-17-4-3-16(9-14(17)12-23)25-5-7-26(8-6-25)21(29)20(28)24-15-2-1-13-10-19(27)30-18(13)11-15/h1-4,9,11H,5-8,10H2,(H,24,28). The second-order valence-corrected chi connectivity index (χ2v) is 7.39. The summed E-state index contributed by atoms with van der Waals surface area (Å²) in [4.78, 5) is 39.8. The van der Waals surface area contributed by atoms with Crippen molar-refractivity contribution in [2.24, 2.45) is 0 Å². The lowest BCUT2D eigenvalue weighted by Crippen LogP contribution is -2.51. The first-order valence-electron chi connectivity index (χ1n) is 9.33. The molecule has 0 radical (unpaired) electrons. The fourth-order valence-electron chi connectivity index (χ4n) is 3.48. The van der Waals surface area contributed by atoms with E-state index < -0.39 is 11.8 Å². The number of benzene rings is 2. The Balaban J connectivity index is 1.35. The predicted octanol–water partition coefficient (Wildman–Crippen LogP) is 1.96. The molecule has 0 aromatic heterocycles. The number of amides is 2. The zero-order chi connectivity index (χ0) is 21.3. The molecule has 0 unspecified atom stereocenters. The monoisotopic (exact) mass is 424 g/mol. The third-order valence-corrected chi connectivity index (χ3v) is 5.41. The molecule has 9 heteroatoms. The molecule has 1 N–H and O–H groups in total. The number of halogens is 1. The van der Waals surface area contributed by atoms with Gasteiger partial charge in [0.15, 0.2) is 0 Å². The van der Waals surface area contributed by atoms with Crippen molar-refractivity contribution in [2.75, 3.05) is 36.4 Å². The van der Waals surface area contributed by atoms with Crippen molar-refractivity contribution in [2.45, 2.75) is 6.42 Å². The second-order valence-electron chi connectivity index (χ2n) is 6.98. The topological polar surface area (TPSA) is 103 Å².